The van der Waals surface area contributed by atoms with Gasteiger partial charge in [0, 0.05) is 11.8 Å². The largest absolute Gasteiger partial charge is 0.277 e. The number of rotatable bonds is 5. The van der Waals surface area contributed by atoms with Crippen molar-refractivity contribution in [3.8, 4) is 23.1 Å². The Morgan fingerprint density at radius 1 is 1.07 bits per heavy atom. The van der Waals surface area contributed by atoms with Crippen molar-refractivity contribution in [3.05, 3.63) is 70.0 Å². The third kappa shape index (κ3) is 4.18. The van der Waals surface area contributed by atoms with E-state index in [-0.39, 0.29) is 10.5 Å². The molecule has 8 heteroatoms. The Morgan fingerprint density at radius 2 is 1.67 bits per heavy atom. The Kier molecular flexibility index (Phi) is 6.15. The summed E-state index contributed by atoms with van der Waals surface area (Å²) in [6, 6.07) is 15.7. The number of nitriles is 1. The third-order valence-corrected chi connectivity index (χ3v) is 6.52. The smallest absolute Gasteiger partial charge is 0.267 e. The molecule has 30 heavy (non-hydrogen) atoms. The van der Waals surface area contributed by atoms with Gasteiger partial charge in [0.2, 0.25) is 0 Å². The van der Waals surface area contributed by atoms with Crippen LogP contribution in [0.25, 0.3) is 17.1 Å². The van der Waals surface area contributed by atoms with E-state index in [9.17, 15) is 18.5 Å². The zero-order valence-corrected chi connectivity index (χ0v) is 18.7. The highest BCUT2D eigenvalue weighted by molar-refractivity contribution is 7.98. The lowest BCUT2D eigenvalue weighted by atomic mass is 10.0. The summed E-state index contributed by atoms with van der Waals surface area (Å²) in [7, 11) is -3.34. The van der Waals surface area contributed by atoms with Gasteiger partial charge in [-0.05, 0) is 54.1 Å². The number of thioether (sulfide) groups is 1. The SMILES string of the molecule is CSc1nc(-c2ccc(S(C)(=O)=O)cc2)n(-c2ccc(C(C)C)cc2)c(=O)c1C#N. The number of nitrogens with zero attached hydrogens (tertiary/aromatic N) is 3. The zero-order chi connectivity index (χ0) is 22.1. The molecule has 3 rings (SSSR count). The van der Waals surface area contributed by atoms with Crippen LogP contribution in [-0.2, 0) is 9.84 Å². The lowest BCUT2D eigenvalue weighted by Gasteiger charge is -2.16. The summed E-state index contributed by atoms with van der Waals surface area (Å²) in [5.41, 5.74) is 1.80. The summed E-state index contributed by atoms with van der Waals surface area (Å²) in [5, 5.41) is 9.86. The molecular formula is C22H21N3O3S2. The van der Waals surface area contributed by atoms with E-state index in [1.54, 1.807) is 18.4 Å². The van der Waals surface area contributed by atoms with E-state index >= 15 is 0 Å². The molecule has 1 aromatic heterocycles. The fourth-order valence-electron chi connectivity index (χ4n) is 3.04. The normalized spacial score (nSPS) is 11.5. The molecule has 0 spiro atoms. The van der Waals surface area contributed by atoms with E-state index in [1.165, 1.54) is 28.5 Å². The molecule has 0 amide bonds. The van der Waals surface area contributed by atoms with E-state index in [2.05, 4.69) is 18.8 Å². The molecule has 0 N–H and O–H groups in total. The Bertz CT molecular complexity index is 1290. The summed E-state index contributed by atoms with van der Waals surface area (Å²) in [6.45, 7) is 4.16. The van der Waals surface area contributed by atoms with Crippen molar-refractivity contribution < 1.29 is 8.42 Å². The molecule has 0 fully saturated rings. The maximum Gasteiger partial charge on any atom is 0.277 e. The van der Waals surface area contributed by atoms with Crippen molar-refractivity contribution in [2.45, 2.75) is 29.7 Å². The summed E-state index contributed by atoms with van der Waals surface area (Å²) >= 11 is 1.22. The topological polar surface area (TPSA) is 92.8 Å². The number of hydrogen-bond acceptors (Lipinski definition) is 6. The van der Waals surface area contributed by atoms with E-state index in [0.29, 0.717) is 28.0 Å². The van der Waals surface area contributed by atoms with Crippen LogP contribution in [0.1, 0.15) is 30.9 Å². The first-order valence-corrected chi connectivity index (χ1v) is 12.3. The van der Waals surface area contributed by atoms with Crippen LogP contribution < -0.4 is 5.56 Å². The molecule has 0 saturated carbocycles. The quantitative estimate of drug-likeness (QED) is 0.440. The van der Waals surface area contributed by atoms with E-state index in [4.69, 9.17) is 0 Å². The first-order valence-electron chi connectivity index (χ1n) is 9.19. The minimum Gasteiger partial charge on any atom is -0.267 e. The summed E-state index contributed by atoms with van der Waals surface area (Å²) < 4.78 is 25.0. The van der Waals surface area contributed by atoms with E-state index in [0.717, 1.165) is 11.8 Å². The minimum atomic E-state index is -3.34. The van der Waals surface area contributed by atoms with Crippen LogP contribution in [0.3, 0.4) is 0 Å². The molecular weight excluding hydrogens is 418 g/mol. The molecule has 1 heterocycles. The van der Waals surface area contributed by atoms with Gasteiger partial charge >= 0.3 is 0 Å². The molecule has 0 bridgehead atoms. The predicted molar refractivity (Wildman–Crippen MR) is 119 cm³/mol. The number of sulfone groups is 1. The highest BCUT2D eigenvalue weighted by Crippen LogP contribution is 2.26. The van der Waals surface area contributed by atoms with Crippen LogP contribution in [-0.4, -0.2) is 30.5 Å². The van der Waals surface area contributed by atoms with Gasteiger partial charge in [0.05, 0.1) is 10.6 Å². The predicted octanol–water partition coefficient (Wildman–Crippen LogP) is 4.02. The van der Waals surface area contributed by atoms with Crippen molar-refractivity contribution in [2.75, 3.05) is 12.5 Å². The molecule has 0 atom stereocenters. The molecule has 0 aliphatic rings. The standard InChI is InChI=1S/C22H21N3O3S2/c1-14(2)15-5-9-17(10-6-15)25-20(24-21(29-3)19(13-23)22(25)26)16-7-11-18(12-8-16)30(4,27)28/h5-12,14H,1-4H3. The number of benzene rings is 2. The monoisotopic (exact) mass is 439 g/mol. The molecule has 2 aromatic carbocycles. The molecule has 0 unspecified atom stereocenters. The maximum absolute atomic E-state index is 13.2. The van der Waals surface area contributed by atoms with Crippen molar-refractivity contribution in [1.29, 1.82) is 5.26 Å². The second-order valence-corrected chi connectivity index (χ2v) is 9.93. The summed E-state index contributed by atoms with van der Waals surface area (Å²) in [6.07, 6.45) is 2.89. The van der Waals surface area contributed by atoms with E-state index < -0.39 is 15.4 Å². The Hall–Kier alpha value is -2.89. The van der Waals surface area contributed by atoms with Crippen LogP contribution >= 0.6 is 11.8 Å². The lowest BCUT2D eigenvalue weighted by molar-refractivity contribution is 0.602. The average Bonchev–Trinajstić information content (AvgIpc) is 2.72. The Morgan fingerprint density at radius 3 is 2.13 bits per heavy atom. The van der Waals surface area contributed by atoms with Crippen LogP contribution in [0.15, 0.2) is 63.2 Å². The molecule has 0 aliphatic heterocycles. The highest BCUT2D eigenvalue weighted by Gasteiger charge is 2.19. The van der Waals surface area contributed by atoms with Crippen LogP contribution in [0.4, 0.5) is 0 Å². The zero-order valence-electron chi connectivity index (χ0n) is 17.1. The molecule has 6 nitrogen and oxygen atoms in total. The van der Waals surface area contributed by atoms with Gasteiger partial charge in [-0.3, -0.25) is 9.36 Å². The van der Waals surface area contributed by atoms with Crippen molar-refractivity contribution in [2.24, 2.45) is 0 Å². The highest BCUT2D eigenvalue weighted by atomic mass is 32.2. The van der Waals surface area contributed by atoms with Gasteiger partial charge in [0.15, 0.2) is 9.84 Å². The fourth-order valence-corrected chi connectivity index (χ4v) is 4.18. The summed E-state index contributed by atoms with van der Waals surface area (Å²) in [5.74, 6) is 0.686. The average molecular weight is 440 g/mol. The van der Waals surface area contributed by atoms with Crippen molar-refractivity contribution in [3.63, 3.8) is 0 Å². The Labute approximate surface area is 180 Å². The molecule has 154 valence electrons. The number of aromatic nitrogens is 2. The number of hydrogen-bond donors (Lipinski definition) is 0. The lowest BCUT2D eigenvalue weighted by Crippen LogP contribution is -2.25. The van der Waals surface area contributed by atoms with E-state index in [1.807, 2.05) is 30.3 Å². The third-order valence-electron chi connectivity index (χ3n) is 4.71. The van der Waals surface area contributed by atoms with Crippen molar-refractivity contribution in [1.82, 2.24) is 9.55 Å². The van der Waals surface area contributed by atoms with Gasteiger partial charge in [-0.15, -0.1) is 11.8 Å². The molecule has 3 aromatic rings. The fraction of sp³-hybridized carbons (Fsp3) is 0.227. The first-order chi connectivity index (χ1) is 14.2. The Balaban J connectivity index is 2.30. The van der Waals surface area contributed by atoms with Gasteiger partial charge in [-0.1, -0.05) is 26.0 Å². The molecule has 0 saturated heterocycles. The second kappa shape index (κ2) is 8.46. The molecule has 0 radical (unpaired) electrons. The van der Waals surface area contributed by atoms with Gasteiger partial charge in [0.1, 0.15) is 22.5 Å². The van der Waals surface area contributed by atoms with Crippen molar-refractivity contribution >= 4 is 21.6 Å². The maximum atomic E-state index is 13.2. The summed E-state index contributed by atoms with van der Waals surface area (Å²) in [4.78, 5) is 18.0. The van der Waals surface area contributed by atoms with Gasteiger partial charge in [0.25, 0.3) is 5.56 Å². The van der Waals surface area contributed by atoms with Crippen LogP contribution in [0.2, 0.25) is 0 Å². The molecule has 0 aliphatic carbocycles. The van der Waals surface area contributed by atoms with Crippen LogP contribution in [0, 0.1) is 11.3 Å². The van der Waals surface area contributed by atoms with Crippen LogP contribution in [0.5, 0.6) is 0 Å². The minimum absolute atomic E-state index is 0.0213. The first kappa shape index (κ1) is 21.8. The van der Waals surface area contributed by atoms with Gasteiger partial charge in [-0.2, -0.15) is 5.26 Å². The second-order valence-electron chi connectivity index (χ2n) is 7.11. The van der Waals surface area contributed by atoms with Gasteiger partial charge in [-0.25, -0.2) is 13.4 Å². The van der Waals surface area contributed by atoms with Gasteiger partial charge < -0.3 is 0 Å².